The Morgan fingerprint density at radius 3 is 1.40 bits per heavy atom. The summed E-state index contributed by atoms with van der Waals surface area (Å²) in [5.74, 6) is 0. The van der Waals surface area contributed by atoms with Gasteiger partial charge in [0.25, 0.3) is 0 Å². The molecule has 2 bridgehead atoms. The molecule has 2 heterocycles. The Morgan fingerprint density at radius 2 is 1.03 bits per heavy atom. The van der Waals surface area contributed by atoms with Crippen LogP contribution in [0, 0.1) is 21.7 Å². The van der Waals surface area contributed by atoms with Crippen LogP contribution in [0.3, 0.4) is 0 Å². The molecule has 1 nitrogen and oxygen atoms in total. The van der Waals surface area contributed by atoms with Gasteiger partial charge in [0, 0.05) is 10.8 Å². The Balaban J connectivity index is 1.65. The summed E-state index contributed by atoms with van der Waals surface area (Å²) >= 11 is 0. The molecule has 0 radical (unpaired) electrons. The summed E-state index contributed by atoms with van der Waals surface area (Å²) in [5, 5.41) is 0. The van der Waals surface area contributed by atoms with E-state index in [-0.39, 0.29) is 33.9 Å². The molecule has 0 aromatic heterocycles. The van der Waals surface area contributed by atoms with Crippen LogP contribution >= 0.6 is 0 Å². The highest BCUT2D eigenvalue weighted by Crippen LogP contribution is 2.73. The largest absolute Gasteiger partial charge is 0.356 e. The molecular formula is C34H36O. The number of hydrogen-bond acceptors (Lipinski definition) is 1. The molecule has 2 aliphatic heterocycles. The van der Waals surface area contributed by atoms with E-state index in [0.717, 1.165) is 0 Å². The first-order valence-electron chi connectivity index (χ1n) is 13.2. The zero-order valence-electron chi connectivity index (χ0n) is 22.3. The fraction of sp³-hybridized carbons (Fsp3) is 0.412. The molecule has 0 N–H and O–H groups in total. The summed E-state index contributed by atoms with van der Waals surface area (Å²) < 4.78 is 6.88. The first kappa shape index (κ1) is 21.6. The van der Waals surface area contributed by atoms with Crippen LogP contribution in [0.25, 0.3) is 0 Å². The predicted molar refractivity (Wildman–Crippen MR) is 144 cm³/mol. The van der Waals surface area contributed by atoms with Gasteiger partial charge in [0.2, 0.25) is 0 Å². The molecule has 7 rings (SSSR count). The maximum Gasteiger partial charge on any atom is 0.110 e. The van der Waals surface area contributed by atoms with Gasteiger partial charge in [-0.15, -0.1) is 0 Å². The van der Waals surface area contributed by atoms with Crippen molar-refractivity contribution in [1.82, 2.24) is 0 Å². The number of ether oxygens (including phenoxy) is 1. The van der Waals surface area contributed by atoms with Gasteiger partial charge in [-0.1, -0.05) is 116 Å². The third-order valence-corrected chi connectivity index (χ3v) is 9.86. The lowest BCUT2D eigenvalue weighted by Gasteiger charge is -2.59. The average molecular weight is 461 g/mol. The lowest BCUT2D eigenvalue weighted by atomic mass is 9.43. The quantitative estimate of drug-likeness (QED) is 0.376. The maximum absolute atomic E-state index is 6.88. The highest BCUT2D eigenvalue weighted by Gasteiger charge is 2.63. The van der Waals surface area contributed by atoms with Gasteiger partial charge >= 0.3 is 0 Å². The van der Waals surface area contributed by atoms with E-state index in [9.17, 15) is 0 Å². The molecule has 178 valence electrons. The first-order valence-corrected chi connectivity index (χ1v) is 13.2. The molecule has 1 aromatic rings. The van der Waals surface area contributed by atoms with Crippen LogP contribution in [0.4, 0.5) is 0 Å². The van der Waals surface area contributed by atoms with Crippen LogP contribution in [-0.4, -0.2) is 0 Å². The Kier molecular flexibility index (Phi) is 3.82. The van der Waals surface area contributed by atoms with E-state index in [2.05, 4.69) is 116 Å². The van der Waals surface area contributed by atoms with Crippen LogP contribution in [0.2, 0.25) is 0 Å². The van der Waals surface area contributed by atoms with Crippen LogP contribution in [0.15, 0.2) is 105 Å². The van der Waals surface area contributed by atoms with Crippen molar-refractivity contribution in [3.63, 3.8) is 0 Å². The van der Waals surface area contributed by atoms with Crippen molar-refractivity contribution in [2.75, 3.05) is 0 Å². The fourth-order valence-corrected chi connectivity index (χ4v) is 7.48. The molecule has 0 amide bonds. The van der Waals surface area contributed by atoms with Gasteiger partial charge in [0.05, 0.1) is 0 Å². The van der Waals surface area contributed by atoms with Gasteiger partial charge in [-0.2, -0.15) is 0 Å². The summed E-state index contributed by atoms with van der Waals surface area (Å²) in [6, 6.07) is 8.90. The van der Waals surface area contributed by atoms with Gasteiger partial charge in [-0.25, -0.2) is 0 Å². The minimum atomic E-state index is -0.126. The summed E-state index contributed by atoms with van der Waals surface area (Å²) in [7, 11) is 0. The van der Waals surface area contributed by atoms with E-state index in [1.807, 2.05) is 0 Å². The molecule has 1 saturated heterocycles. The van der Waals surface area contributed by atoms with Gasteiger partial charge in [0.1, 0.15) is 12.2 Å². The number of rotatable bonds is 0. The number of hydrogen-bond donors (Lipinski definition) is 0. The van der Waals surface area contributed by atoms with E-state index in [1.54, 1.807) is 0 Å². The molecule has 2 unspecified atom stereocenters. The van der Waals surface area contributed by atoms with E-state index in [4.69, 9.17) is 4.74 Å². The van der Waals surface area contributed by atoms with Gasteiger partial charge in [-0.05, 0) is 66.5 Å². The fourth-order valence-electron chi connectivity index (χ4n) is 7.48. The van der Waals surface area contributed by atoms with Crippen LogP contribution in [-0.2, 0) is 4.74 Å². The van der Waals surface area contributed by atoms with E-state index in [1.165, 1.54) is 55.7 Å². The topological polar surface area (TPSA) is 9.23 Å². The van der Waals surface area contributed by atoms with Crippen molar-refractivity contribution in [3.05, 3.63) is 116 Å². The summed E-state index contributed by atoms with van der Waals surface area (Å²) in [6.07, 6.45) is 14.9. The first-order chi connectivity index (χ1) is 16.4. The van der Waals surface area contributed by atoms with Crippen molar-refractivity contribution >= 4 is 0 Å². The number of allylic oxidation sites excluding steroid dienone is 12. The second-order valence-corrected chi connectivity index (χ2v) is 13.7. The van der Waals surface area contributed by atoms with Crippen LogP contribution in [0.1, 0.15) is 78.7 Å². The second-order valence-electron chi connectivity index (χ2n) is 13.7. The third kappa shape index (κ3) is 2.39. The summed E-state index contributed by atoms with van der Waals surface area (Å²) in [5.41, 5.74) is 14.2. The average Bonchev–Trinajstić information content (AvgIpc) is 3.34. The molecule has 0 saturated carbocycles. The maximum atomic E-state index is 6.88. The third-order valence-electron chi connectivity index (χ3n) is 9.86. The highest BCUT2D eigenvalue weighted by molar-refractivity contribution is 5.76. The molecule has 1 fully saturated rings. The zero-order valence-corrected chi connectivity index (χ0v) is 22.3. The van der Waals surface area contributed by atoms with Crippen molar-refractivity contribution in [2.45, 2.75) is 67.6 Å². The van der Waals surface area contributed by atoms with E-state index < -0.39 is 0 Å². The van der Waals surface area contributed by atoms with Crippen LogP contribution in [0.5, 0.6) is 0 Å². The number of benzene rings is 1. The zero-order chi connectivity index (χ0) is 24.7. The highest BCUT2D eigenvalue weighted by atomic mass is 16.5. The second kappa shape index (κ2) is 6.19. The molecule has 4 atom stereocenters. The standard InChI is InChI=1S/C34H36O/c1-31(2,3)21-15-19-13-14-20-16-22(32(4,5)6)18-26-28-27(25(17-21)33(19,7)34(20,26)8)29-23-11-9-10-12-24(23)30(28)35-29/h9-18,29-30H,1-8H3/t29?,30?,33-,34-/m1/s1. The Bertz CT molecular complexity index is 1340. The van der Waals surface area contributed by atoms with Crippen molar-refractivity contribution in [3.8, 4) is 0 Å². The lowest BCUT2D eigenvalue weighted by Crippen LogP contribution is -2.50. The van der Waals surface area contributed by atoms with Crippen molar-refractivity contribution in [2.24, 2.45) is 21.7 Å². The molecular weight excluding hydrogens is 424 g/mol. The minimum absolute atomic E-state index is 0.0265. The Hall–Kier alpha value is -2.64. The molecule has 4 aliphatic carbocycles. The Labute approximate surface area is 210 Å². The SMILES string of the molecule is CC(C)(C)C1=CC2=C3C(=C4C=C(C(C)(C)C)C=C5C=CC(=C1)[C@@]2(C)[C@]54C)C1OC3c2ccccc21. The van der Waals surface area contributed by atoms with Gasteiger partial charge < -0.3 is 4.74 Å². The van der Waals surface area contributed by atoms with Crippen LogP contribution < -0.4 is 0 Å². The Morgan fingerprint density at radius 1 is 0.629 bits per heavy atom. The van der Waals surface area contributed by atoms with Crippen molar-refractivity contribution < 1.29 is 4.74 Å². The van der Waals surface area contributed by atoms with E-state index >= 15 is 0 Å². The molecule has 6 aliphatic rings. The summed E-state index contributed by atoms with van der Waals surface area (Å²) in [4.78, 5) is 0. The van der Waals surface area contributed by atoms with Gasteiger partial charge in [-0.3, -0.25) is 0 Å². The molecule has 0 spiro atoms. The lowest BCUT2D eigenvalue weighted by molar-refractivity contribution is 0.0898. The van der Waals surface area contributed by atoms with Gasteiger partial charge in [0.15, 0.2) is 0 Å². The minimum Gasteiger partial charge on any atom is -0.356 e. The smallest absolute Gasteiger partial charge is 0.110 e. The number of fused-ring (bicyclic) bond motifs is 8. The monoisotopic (exact) mass is 460 g/mol. The summed E-state index contributed by atoms with van der Waals surface area (Å²) in [6.45, 7) is 19.0. The van der Waals surface area contributed by atoms with E-state index in [0.29, 0.717) is 0 Å². The molecule has 1 aromatic carbocycles. The molecule has 1 heteroatoms. The predicted octanol–water partition coefficient (Wildman–Crippen LogP) is 8.83. The normalized spacial score (nSPS) is 34.2. The molecule has 35 heavy (non-hydrogen) atoms. The van der Waals surface area contributed by atoms with Crippen molar-refractivity contribution in [1.29, 1.82) is 0 Å².